The van der Waals surface area contributed by atoms with Crippen LogP contribution in [0.4, 0.5) is 5.69 Å². The third kappa shape index (κ3) is 5.07. The van der Waals surface area contributed by atoms with Crippen molar-refractivity contribution in [2.45, 2.75) is 17.3 Å². The predicted octanol–water partition coefficient (Wildman–Crippen LogP) is 5.38. The van der Waals surface area contributed by atoms with Crippen LogP contribution in [0.15, 0.2) is 90.1 Å². The number of para-hydroxylation sites is 1. The fraction of sp³-hybridized carbons (Fsp3) is 0.0870. The van der Waals surface area contributed by atoms with Crippen molar-refractivity contribution in [1.29, 1.82) is 0 Å². The Kier molecular flexibility index (Phi) is 6.10. The van der Waals surface area contributed by atoms with Crippen LogP contribution in [0, 0.1) is 0 Å². The Morgan fingerprint density at radius 2 is 1.57 bits per heavy atom. The van der Waals surface area contributed by atoms with Crippen molar-refractivity contribution >= 4 is 23.4 Å². The third-order valence-corrected chi connectivity index (χ3v) is 5.23. The highest BCUT2D eigenvalue weighted by atomic mass is 32.2. The number of anilines is 1. The Morgan fingerprint density at radius 1 is 0.933 bits per heavy atom. The second-order valence-corrected chi connectivity index (χ2v) is 7.83. The van der Waals surface area contributed by atoms with Crippen LogP contribution in [0.3, 0.4) is 0 Å². The Hall–Kier alpha value is -3.58. The number of benzene rings is 3. The summed E-state index contributed by atoms with van der Waals surface area (Å²) in [6, 6.07) is 26.6. The normalized spacial score (nSPS) is 11.6. The van der Waals surface area contributed by atoms with E-state index in [1.54, 1.807) is 0 Å². The molecule has 1 aromatic heterocycles. The fourth-order valence-electron chi connectivity index (χ4n) is 2.71. The molecule has 0 spiro atoms. The highest BCUT2D eigenvalue weighted by molar-refractivity contribution is 8.00. The highest BCUT2D eigenvalue weighted by Crippen LogP contribution is 2.25. The average molecular weight is 417 g/mol. The van der Waals surface area contributed by atoms with Crippen molar-refractivity contribution in [1.82, 2.24) is 15.2 Å². The zero-order chi connectivity index (χ0) is 20.8. The zero-order valence-electron chi connectivity index (χ0n) is 16.3. The van der Waals surface area contributed by atoms with E-state index in [9.17, 15) is 4.79 Å². The second kappa shape index (κ2) is 9.28. The molecule has 0 fully saturated rings. The molecule has 150 valence electrons. The van der Waals surface area contributed by atoms with Gasteiger partial charge in [-0.25, -0.2) is 4.98 Å². The molecule has 2 N–H and O–H groups in total. The summed E-state index contributed by atoms with van der Waals surface area (Å²) < 4.78 is 5.77. The van der Waals surface area contributed by atoms with Crippen LogP contribution in [-0.4, -0.2) is 26.3 Å². The maximum atomic E-state index is 12.5. The lowest BCUT2D eigenvalue weighted by atomic mass is 10.2. The SMILES string of the molecule is CC(Sc1n[nH]c(-c2ccccc2)n1)C(=O)Nc1ccc(Oc2ccccc2)cc1. The molecule has 1 heterocycles. The van der Waals surface area contributed by atoms with Crippen molar-refractivity contribution in [3.63, 3.8) is 0 Å². The summed E-state index contributed by atoms with van der Waals surface area (Å²) >= 11 is 1.30. The molecule has 0 saturated carbocycles. The Labute approximate surface area is 178 Å². The van der Waals surface area contributed by atoms with Gasteiger partial charge in [-0.15, -0.1) is 5.10 Å². The monoisotopic (exact) mass is 416 g/mol. The molecule has 6 nitrogen and oxygen atoms in total. The molecule has 0 aliphatic carbocycles. The number of nitrogens with zero attached hydrogens (tertiary/aromatic N) is 2. The number of hydrogen-bond donors (Lipinski definition) is 2. The summed E-state index contributed by atoms with van der Waals surface area (Å²) in [7, 11) is 0. The van der Waals surface area contributed by atoms with Crippen molar-refractivity contribution in [2.75, 3.05) is 5.32 Å². The number of rotatable bonds is 7. The number of aromatic amines is 1. The van der Waals surface area contributed by atoms with Gasteiger partial charge in [0.25, 0.3) is 0 Å². The highest BCUT2D eigenvalue weighted by Gasteiger charge is 2.17. The van der Waals surface area contributed by atoms with E-state index in [1.807, 2.05) is 91.9 Å². The Morgan fingerprint density at radius 3 is 2.27 bits per heavy atom. The minimum atomic E-state index is -0.357. The van der Waals surface area contributed by atoms with Crippen molar-refractivity contribution in [2.24, 2.45) is 0 Å². The smallest absolute Gasteiger partial charge is 0.237 e. The average Bonchev–Trinajstić information content (AvgIpc) is 3.25. The van der Waals surface area contributed by atoms with Gasteiger partial charge in [-0.05, 0) is 43.3 Å². The first-order valence-corrected chi connectivity index (χ1v) is 10.3. The third-order valence-electron chi connectivity index (χ3n) is 4.26. The maximum Gasteiger partial charge on any atom is 0.237 e. The topological polar surface area (TPSA) is 79.9 Å². The van der Waals surface area contributed by atoms with Crippen LogP contribution in [-0.2, 0) is 4.79 Å². The number of amides is 1. The molecule has 1 amide bonds. The van der Waals surface area contributed by atoms with E-state index < -0.39 is 0 Å². The van der Waals surface area contributed by atoms with Crippen LogP contribution in [0.25, 0.3) is 11.4 Å². The van der Waals surface area contributed by atoms with Gasteiger partial charge in [-0.3, -0.25) is 9.89 Å². The van der Waals surface area contributed by atoms with Crippen LogP contribution >= 0.6 is 11.8 Å². The Bertz CT molecular complexity index is 1100. The summed E-state index contributed by atoms with van der Waals surface area (Å²) in [4.78, 5) is 17.0. The van der Waals surface area contributed by atoms with Crippen LogP contribution in [0.2, 0.25) is 0 Å². The van der Waals surface area contributed by atoms with Crippen molar-refractivity contribution < 1.29 is 9.53 Å². The minimum Gasteiger partial charge on any atom is -0.457 e. The van der Waals surface area contributed by atoms with Gasteiger partial charge in [0.15, 0.2) is 5.82 Å². The molecule has 7 heteroatoms. The molecule has 0 aliphatic rings. The lowest BCUT2D eigenvalue weighted by molar-refractivity contribution is -0.115. The van der Waals surface area contributed by atoms with E-state index in [4.69, 9.17) is 4.74 Å². The van der Waals surface area contributed by atoms with Crippen LogP contribution in [0.1, 0.15) is 6.92 Å². The van der Waals surface area contributed by atoms with E-state index >= 15 is 0 Å². The lowest BCUT2D eigenvalue weighted by Crippen LogP contribution is -2.22. The number of hydrogen-bond acceptors (Lipinski definition) is 5. The second-order valence-electron chi connectivity index (χ2n) is 6.52. The first kappa shape index (κ1) is 19.7. The van der Waals surface area contributed by atoms with Gasteiger partial charge in [0.05, 0.1) is 5.25 Å². The predicted molar refractivity (Wildman–Crippen MR) is 119 cm³/mol. The number of aromatic nitrogens is 3. The summed E-state index contributed by atoms with van der Waals surface area (Å²) in [6.07, 6.45) is 0. The van der Waals surface area contributed by atoms with Crippen molar-refractivity contribution in [3.8, 4) is 22.9 Å². The van der Waals surface area contributed by atoms with Gasteiger partial charge < -0.3 is 10.1 Å². The van der Waals surface area contributed by atoms with Gasteiger partial charge in [-0.1, -0.05) is 60.3 Å². The van der Waals surface area contributed by atoms with Crippen molar-refractivity contribution in [3.05, 3.63) is 84.9 Å². The van der Waals surface area contributed by atoms with E-state index in [0.29, 0.717) is 22.4 Å². The molecule has 1 unspecified atom stereocenters. The molecular formula is C23H20N4O2S. The van der Waals surface area contributed by atoms with Gasteiger partial charge >= 0.3 is 0 Å². The minimum absolute atomic E-state index is 0.122. The summed E-state index contributed by atoms with van der Waals surface area (Å²) in [5.41, 5.74) is 1.65. The molecule has 1 atom stereocenters. The number of thioether (sulfide) groups is 1. The molecule has 4 aromatic rings. The number of carbonyl (C=O) groups is 1. The molecule has 3 aromatic carbocycles. The van der Waals surface area contributed by atoms with E-state index in [-0.39, 0.29) is 11.2 Å². The molecular weight excluding hydrogens is 396 g/mol. The largest absolute Gasteiger partial charge is 0.457 e. The maximum absolute atomic E-state index is 12.5. The fourth-order valence-corrected chi connectivity index (χ4v) is 3.44. The number of H-pyrrole nitrogens is 1. The van der Waals surface area contributed by atoms with E-state index in [0.717, 1.165) is 11.3 Å². The van der Waals surface area contributed by atoms with Gasteiger partial charge in [0.1, 0.15) is 11.5 Å². The molecule has 30 heavy (non-hydrogen) atoms. The number of ether oxygens (including phenoxy) is 1. The van der Waals surface area contributed by atoms with Gasteiger partial charge in [-0.2, -0.15) is 0 Å². The molecule has 4 rings (SSSR count). The van der Waals surface area contributed by atoms with Gasteiger partial charge in [0.2, 0.25) is 11.1 Å². The number of carbonyl (C=O) groups excluding carboxylic acids is 1. The lowest BCUT2D eigenvalue weighted by Gasteiger charge is -2.11. The quantitative estimate of drug-likeness (QED) is 0.395. The van der Waals surface area contributed by atoms with Gasteiger partial charge in [0, 0.05) is 11.3 Å². The van der Waals surface area contributed by atoms with E-state index in [1.165, 1.54) is 11.8 Å². The summed E-state index contributed by atoms with van der Waals surface area (Å²) in [5.74, 6) is 2.03. The molecule has 0 bridgehead atoms. The standard InChI is InChI=1S/C23H20N4O2S/c1-16(30-23-25-21(26-27-23)17-8-4-2-5-9-17)22(28)24-18-12-14-20(15-13-18)29-19-10-6-3-7-11-19/h2-16H,1H3,(H,24,28)(H,25,26,27). The number of nitrogens with one attached hydrogen (secondary N) is 2. The molecule has 0 aliphatic heterocycles. The Balaban J connectivity index is 1.33. The summed E-state index contributed by atoms with van der Waals surface area (Å²) in [6.45, 7) is 1.82. The zero-order valence-corrected chi connectivity index (χ0v) is 17.1. The molecule has 0 saturated heterocycles. The first-order valence-electron chi connectivity index (χ1n) is 9.46. The van der Waals surface area contributed by atoms with E-state index in [2.05, 4.69) is 20.5 Å². The summed E-state index contributed by atoms with van der Waals surface area (Å²) in [5, 5.41) is 10.2. The van der Waals surface area contributed by atoms with Crippen LogP contribution < -0.4 is 10.1 Å². The first-order chi connectivity index (χ1) is 14.7. The van der Waals surface area contributed by atoms with Crippen LogP contribution in [0.5, 0.6) is 11.5 Å². The molecule has 0 radical (unpaired) electrons.